The van der Waals surface area contributed by atoms with Crippen molar-refractivity contribution in [3.05, 3.63) is 29.3 Å². The second kappa shape index (κ2) is 4.18. The molecule has 0 bridgehead atoms. The number of hydrogen-bond donors (Lipinski definition) is 1. The lowest BCUT2D eigenvalue weighted by Gasteiger charge is -2.38. The van der Waals surface area contributed by atoms with Gasteiger partial charge in [0, 0.05) is 12.2 Å². The van der Waals surface area contributed by atoms with Crippen LogP contribution in [0.5, 0.6) is 0 Å². The maximum Gasteiger partial charge on any atom is 0.416 e. The lowest BCUT2D eigenvalue weighted by molar-refractivity contribution is -0.137. The highest BCUT2D eigenvalue weighted by Gasteiger charge is 2.35. The topological polar surface area (TPSA) is 12.0 Å². The summed E-state index contributed by atoms with van der Waals surface area (Å²) in [5.74, 6) is 1.14. The molecule has 98 valence electrons. The van der Waals surface area contributed by atoms with Gasteiger partial charge in [0.1, 0.15) is 0 Å². The Labute approximate surface area is 104 Å². The summed E-state index contributed by atoms with van der Waals surface area (Å²) in [5, 5.41) is 3.11. The van der Waals surface area contributed by atoms with Gasteiger partial charge in [-0.25, -0.2) is 0 Å². The minimum atomic E-state index is -4.25. The van der Waals surface area contributed by atoms with E-state index in [1.54, 1.807) is 6.07 Å². The number of fused-ring (bicyclic) bond motifs is 1. The number of halogens is 3. The molecular weight excluding hydrogens is 239 g/mol. The smallest absolute Gasteiger partial charge is 0.385 e. The van der Waals surface area contributed by atoms with E-state index in [-0.39, 0.29) is 0 Å². The third-order valence-electron chi connectivity index (χ3n) is 4.27. The summed E-state index contributed by atoms with van der Waals surface area (Å²) in [4.78, 5) is 0. The van der Waals surface area contributed by atoms with E-state index < -0.39 is 11.7 Å². The Morgan fingerprint density at radius 1 is 1.11 bits per heavy atom. The molecule has 4 heteroatoms. The maximum absolute atomic E-state index is 12.7. The van der Waals surface area contributed by atoms with Crippen LogP contribution in [0.2, 0.25) is 0 Å². The first-order valence-corrected chi connectivity index (χ1v) is 6.51. The van der Waals surface area contributed by atoms with Crippen molar-refractivity contribution in [2.45, 2.75) is 37.8 Å². The standard InChI is InChI=1S/C14H16F3N/c15-14(16,17)10-4-5-12-11(9-2-1-3-9)6-7-18-13(12)8-10/h4-5,8-9,11,18H,1-3,6-7H2. The van der Waals surface area contributed by atoms with Crippen molar-refractivity contribution in [2.24, 2.45) is 5.92 Å². The molecule has 1 unspecified atom stereocenters. The molecule has 1 atom stereocenters. The highest BCUT2D eigenvalue weighted by Crippen LogP contribution is 2.46. The van der Waals surface area contributed by atoms with Gasteiger partial charge < -0.3 is 5.32 Å². The summed E-state index contributed by atoms with van der Waals surface area (Å²) in [6.45, 7) is 0.787. The quantitative estimate of drug-likeness (QED) is 0.784. The number of hydrogen-bond acceptors (Lipinski definition) is 1. The Morgan fingerprint density at radius 2 is 1.89 bits per heavy atom. The van der Waals surface area contributed by atoms with Crippen LogP contribution in [-0.4, -0.2) is 6.54 Å². The molecule has 0 spiro atoms. The van der Waals surface area contributed by atoms with Crippen LogP contribution in [-0.2, 0) is 6.18 Å². The summed E-state index contributed by atoms with van der Waals surface area (Å²) in [7, 11) is 0. The molecule has 18 heavy (non-hydrogen) atoms. The van der Waals surface area contributed by atoms with Crippen molar-refractivity contribution in [3.63, 3.8) is 0 Å². The normalized spacial score (nSPS) is 24.1. The first kappa shape index (κ1) is 11.9. The molecule has 3 rings (SSSR count). The van der Waals surface area contributed by atoms with Crippen molar-refractivity contribution in [1.82, 2.24) is 0 Å². The number of alkyl halides is 3. The Kier molecular flexibility index (Phi) is 2.76. The zero-order chi connectivity index (χ0) is 12.8. The Balaban J connectivity index is 1.94. The highest BCUT2D eigenvalue weighted by molar-refractivity contribution is 5.57. The van der Waals surface area contributed by atoms with Crippen LogP contribution in [0.4, 0.5) is 18.9 Å². The molecule has 1 nitrogen and oxygen atoms in total. The van der Waals surface area contributed by atoms with E-state index in [4.69, 9.17) is 0 Å². The minimum Gasteiger partial charge on any atom is -0.385 e. The number of nitrogens with one attached hydrogen (secondary N) is 1. The van der Waals surface area contributed by atoms with Crippen LogP contribution in [0.15, 0.2) is 18.2 Å². The van der Waals surface area contributed by atoms with Crippen molar-refractivity contribution in [3.8, 4) is 0 Å². The molecule has 1 heterocycles. The van der Waals surface area contributed by atoms with Crippen LogP contribution < -0.4 is 5.32 Å². The fourth-order valence-corrected chi connectivity index (χ4v) is 3.06. The van der Waals surface area contributed by atoms with Gasteiger partial charge >= 0.3 is 6.18 Å². The SMILES string of the molecule is FC(F)(F)c1ccc2c(c1)NCCC2C1CCC1. The molecule has 0 amide bonds. The van der Waals surface area contributed by atoms with E-state index in [0.29, 0.717) is 17.5 Å². The maximum atomic E-state index is 12.7. The van der Waals surface area contributed by atoms with Gasteiger partial charge in [-0.15, -0.1) is 0 Å². The van der Waals surface area contributed by atoms with Crippen LogP contribution >= 0.6 is 0 Å². The van der Waals surface area contributed by atoms with Gasteiger partial charge in [-0.05, 0) is 48.8 Å². The van der Waals surface area contributed by atoms with Crippen LogP contribution in [0.25, 0.3) is 0 Å². The Morgan fingerprint density at radius 3 is 2.50 bits per heavy atom. The Hall–Kier alpha value is -1.19. The molecule has 1 aliphatic carbocycles. The molecule has 1 fully saturated rings. The molecule has 0 radical (unpaired) electrons. The Bertz CT molecular complexity index is 449. The first-order chi connectivity index (χ1) is 8.55. The first-order valence-electron chi connectivity index (χ1n) is 6.51. The molecule has 0 aromatic heterocycles. The van der Waals surface area contributed by atoms with Crippen LogP contribution in [0.1, 0.15) is 42.7 Å². The average Bonchev–Trinajstić information content (AvgIpc) is 2.25. The van der Waals surface area contributed by atoms with E-state index in [0.717, 1.165) is 18.5 Å². The summed E-state index contributed by atoms with van der Waals surface area (Å²) in [5.41, 5.74) is 1.22. The van der Waals surface area contributed by atoms with E-state index >= 15 is 0 Å². The van der Waals surface area contributed by atoms with Gasteiger partial charge in [-0.3, -0.25) is 0 Å². The average molecular weight is 255 g/mol. The summed E-state index contributed by atoms with van der Waals surface area (Å²) in [6.07, 6.45) is 0.518. The van der Waals surface area contributed by atoms with E-state index in [1.807, 2.05) is 0 Å². The highest BCUT2D eigenvalue weighted by atomic mass is 19.4. The number of rotatable bonds is 1. The lowest BCUT2D eigenvalue weighted by Crippen LogP contribution is -2.27. The second-order valence-electron chi connectivity index (χ2n) is 5.31. The third kappa shape index (κ3) is 1.98. The van der Waals surface area contributed by atoms with Crippen molar-refractivity contribution < 1.29 is 13.2 Å². The van der Waals surface area contributed by atoms with Gasteiger partial charge in [-0.1, -0.05) is 12.5 Å². The van der Waals surface area contributed by atoms with Gasteiger partial charge in [-0.2, -0.15) is 13.2 Å². The lowest BCUT2D eigenvalue weighted by atomic mass is 9.70. The van der Waals surface area contributed by atoms with E-state index in [1.165, 1.54) is 31.4 Å². The van der Waals surface area contributed by atoms with Crippen molar-refractivity contribution in [2.75, 3.05) is 11.9 Å². The molecule has 1 aromatic carbocycles. The van der Waals surface area contributed by atoms with Crippen molar-refractivity contribution >= 4 is 5.69 Å². The molecule has 1 aromatic rings. The van der Waals surface area contributed by atoms with Crippen LogP contribution in [0, 0.1) is 5.92 Å². The zero-order valence-electron chi connectivity index (χ0n) is 10.1. The molecule has 0 saturated heterocycles. The summed E-state index contributed by atoms with van der Waals surface area (Å²) in [6, 6.07) is 4.16. The summed E-state index contributed by atoms with van der Waals surface area (Å²) >= 11 is 0. The number of benzene rings is 1. The molecule has 1 aliphatic heterocycles. The molecule has 1 saturated carbocycles. The second-order valence-corrected chi connectivity index (χ2v) is 5.31. The fourth-order valence-electron chi connectivity index (χ4n) is 3.06. The van der Waals surface area contributed by atoms with E-state index in [9.17, 15) is 13.2 Å². The minimum absolute atomic E-state index is 0.456. The van der Waals surface area contributed by atoms with E-state index in [2.05, 4.69) is 5.32 Å². The molecule has 1 N–H and O–H groups in total. The number of anilines is 1. The van der Waals surface area contributed by atoms with Gasteiger partial charge in [0.25, 0.3) is 0 Å². The third-order valence-corrected chi connectivity index (χ3v) is 4.27. The largest absolute Gasteiger partial charge is 0.416 e. The summed E-state index contributed by atoms with van der Waals surface area (Å²) < 4.78 is 38.0. The molecule has 2 aliphatic rings. The van der Waals surface area contributed by atoms with Crippen LogP contribution in [0.3, 0.4) is 0 Å². The van der Waals surface area contributed by atoms with Gasteiger partial charge in [0.2, 0.25) is 0 Å². The zero-order valence-corrected chi connectivity index (χ0v) is 10.1. The van der Waals surface area contributed by atoms with Crippen molar-refractivity contribution in [1.29, 1.82) is 0 Å². The fraction of sp³-hybridized carbons (Fsp3) is 0.571. The molecular formula is C14H16F3N. The van der Waals surface area contributed by atoms with Gasteiger partial charge in [0.15, 0.2) is 0 Å². The monoisotopic (exact) mass is 255 g/mol. The predicted octanol–water partition coefficient (Wildman–Crippen LogP) is 4.40. The van der Waals surface area contributed by atoms with Gasteiger partial charge in [0.05, 0.1) is 5.56 Å². The predicted molar refractivity (Wildman–Crippen MR) is 64.6 cm³/mol.